The fourth-order valence-corrected chi connectivity index (χ4v) is 2.68. The molecular formula is C16H24N2O3. The highest BCUT2D eigenvalue weighted by atomic mass is 16.6. The van der Waals surface area contributed by atoms with Crippen LogP contribution in [0, 0.1) is 5.92 Å². The zero-order chi connectivity index (χ0) is 15.5. The van der Waals surface area contributed by atoms with E-state index in [1.165, 1.54) is 0 Å². The number of benzene rings is 1. The molecule has 0 fully saturated rings. The first-order valence-electron chi connectivity index (χ1n) is 7.36. The third kappa shape index (κ3) is 3.67. The van der Waals surface area contributed by atoms with Crippen LogP contribution in [0.2, 0.25) is 0 Å². The minimum atomic E-state index is -0.427. The van der Waals surface area contributed by atoms with Crippen LogP contribution in [-0.2, 0) is 0 Å². The molecule has 5 nitrogen and oxygen atoms in total. The van der Waals surface area contributed by atoms with Gasteiger partial charge in [0.05, 0.1) is 5.56 Å². The van der Waals surface area contributed by atoms with Crippen molar-refractivity contribution in [2.75, 3.05) is 19.8 Å². The van der Waals surface area contributed by atoms with Gasteiger partial charge in [0.25, 0.3) is 5.91 Å². The van der Waals surface area contributed by atoms with Crippen molar-refractivity contribution in [2.45, 2.75) is 32.7 Å². The normalized spacial score (nSPS) is 16.4. The van der Waals surface area contributed by atoms with Crippen LogP contribution in [0.3, 0.4) is 0 Å². The second-order valence-corrected chi connectivity index (χ2v) is 6.15. The van der Waals surface area contributed by atoms with Crippen LogP contribution in [0.15, 0.2) is 18.2 Å². The summed E-state index contributed by atoms with van der Waals surface area (Å²) in [5, 5.41) is 3.04. The van der Waals surface area contributed by atoms with E-state index in [2.05, 4.69) is 19.2 Å². The molecule has 3 N–H and O–H groups in total. The Morgan fingerprint density at radius 1 is 1.38 bits per heavy atom. The molecule has 21 heavy (non-hydrogen) atoms. The van der Waals surface area contributed by atoms with Crippen molar-refractivity contribution >= 4 is 5.91 Å². The van der Waals surface area contributed by atoms with E-state index in [4.69, 9.17) is 15.2 Å². The topological polar surface area (TPSA) is 73.6 Å². The van der Waals surface area contributed by atoms with Crippen LogP contribution in [-0.4, -0.2) is 31.2 Å². The van der Waals surface area contributed by atoms with E-state index >= 15 is 0 Å². The zero-order valence-corrected chi connectivity index (χ0v) is 12.9. The lowest BCUT2D eigenvalue weighted by Gasteiger charge is -2.31. The number of fused-ring (bicyclic) bond motifs is 1. The molecule has 1 heterocycles. The van der Waals surface area contributed by atoms with Crippen LogP contribution in [0.4, 0.5) is 0 Å². The minimum Gasteiger partial charge on any atom is -0.486 e. The number of amides is 1. The van der Waals surface area contributed by atoms with E-state index in [1.807, 2.05) is 13.0 Å². The van der Waals surface area contributed by atoms with Crippen molar-refractivity contribution in [1.82, 2.24) is 5.32 Å². The van der Waals surface area contributed by atoms with Gasteiger partial charge in [0.15, 0.2) is 11.5 Å². The van der Waals surface area contributed by atoms with E-state index in [0.29, 0.717) is 42.7 Å². The van der Waals surface area contributed by atoms with Crippen LogP contribution in [0.5, 0.6) is 11.5 Å². The molecule has 1 atom stereocenters. The number of hydrogen-bond donors (Lipinski definition) is 2. The Morgan fingerprint density at radius 2 is 2.10 bits per heavy atom. The van der Waals surface area contributed by atoms with Gasteiger partial charge in [-0.3, -0.25) is 4.79 Å². The fraction of sp³-hybridized carbons (Fsp3) is 0.562. The third-order valence-electron chi connectivity index (χ3n) is 3.54. The summed E-state index contributed by atoms with van der Waals surface area (Å²) in [5.74, 6) is 1.41. The molecule has 116 valence electrons. The van der Waals surface area contributed by atoms with Gasteiger partial charge in [-0.2, -0.15) is 0 Å². The number of carbonyl (C=O) groups is 1. The molecule has 0 aliphatic carbocycles. The lowest BCUT2D eigenvalue weighted by Crippen LogP contribution is -2.52. The number of hydrogen-bond acceptors (Lipinski definition) is 4. The van der Waals surface area contributed by atoms with Crippen molar-refractivity contribution in [3.63, 3.8) is 0 Å². The second-order valence-electron chi connectivity index (χ2n) is 6.15. The molecule has 1 unspecified atom stereocenters. The van der Waals surface area contributed by atoms with Crippen LogP contribution in [0.1, 0.15) is 37.6 Å². The summed E-state index contributed by atoms with van der Waals surface area (Å²) < 4.78 is 11.1. The molecule has 0 saturated carbocycles. The summed E-state index contributed by atoms with van der Waals surface area (Å²) in [5.41, 5.74) is 5.92. The predicted octanol–water partition coefficient (Wildman–Crippen LogP) is 1.95. The number of ether oxygens (including phenoxy) is 2. The third-order valence-corrected chi connectivity index (χ3v) is 3.54. The van der Waals surface area contributed by atoms with Gasteiger partial charge in [0, 0.05) is 12.1 Å². The van der Waals surface area contributed by atoms with Crippen LogP contribution in [0.25, 0.3) is 0 Å². The lowest BCUT2D eigenvalue weighted by molar-refractivity contribution is 0.0887. The fourth-order valence-electron chi connectivity index (χ4n) is 2.68. The number of carbonyl (C=O) groups excluding carboxylic acids is 1. The first-order chi connectivity index (χ1) is 9.95. The average molecular weight is 292 g/mol. The maximum Gasteiger partial charge on any atom is 0.255 e. The molecule has 5 heteroatoms. The van der Waals surface area contributed by atoms with E-state index in [1.54, 1.807) is 12.1 Å². The smallest absolute Gasteiger partial charge is 0.255 e. The maximum absolute atomic E-state index is 12.6. The number of nitrogens with one attached hydrogen (secondary N) is 1. The van der Waals surface area contributed by atoms with Crippen molar-refractivity contribution in [2.24, 2.45) is 11.7 Å². The van der Waals surface area contributed by atoms with E-state index < -0.39 is 5.54 Å². The number of nitrogens with two attached hydrogens (primary N) is 1. The largest absolute Gasteiger partial charge is 0.486 e. The highest BCUT2D eigenvalue weighted by molar-refractivity contribution is 5.98. The Kier molecular flexibility index (Phi) is 4.73. The number of para-hydroxylation sites is 1. The minimum absolute atomic E-state index is 0.175. The first-order valence-corrected chi connectivity index (χ1v) is 7.36. The Bertz CT molecular complexity index is 516. The maximum atomic E-state index is 12.6. The van der Waals surface area contributed by atoms with E-state index in [9.17, 15) is 4.79 Å². The molecule has 1 aromatic carbocycles. The molecule has 0 bridgehead atoms. The van der Waals surface area contributed by atoms with E-state index in [0.717, 1.165) is 6.42 Å². The highest BCUT2D eigenvalue weighted by Crippen LogP contribution is 2.33. The monoisotopic (exact) mass is 292 g/mol. The predicted molar refractivity (Wildman–Crippen MR) is 81.8 cm³/mol. The lowest BCUT2D eigenvalue weighted by atomic mass is 9.90. The summed E-state index contributed by atoms with van der Waals surface area (Å²) in [6, 6.07) is 5.35. The van der Waals surface area contributed by atoms with Gasteiger partial charge in [0.1, 0.15) is 13.2 Å². The molecule has 0 spiro atoms. The molecule has 1 aromatic rings. The molecule has 0 aromatic heterocycles. The van der Waals surface area contributed by atoms with Gasteiger partial charge >= 0.3 is 0 Å². The summed E-state index contributed by atoms with van der Waals surface area (Å²) in [6.45, 7) is 7.55. The van der Waals surface area contributed by atoms with Crippen molar-refractivity contribution in [3.8, 4) is 11.5 Å². The van der Waals surface area contributed by atoms with Gasteiger partial charge in [-0.25, -0.2) is 0 Å². The quantitative estimate of drug-likeness (QED) is 0.870. The van der Waals surface area contributed by atoms with Gasteiger partial charge in [-0.05, 0) is 31.4 Å². The second kappa shape index (κ2) is 6.35. The summed E-state index contributed by atoms with van der Waals surface area (Å²) in [7, 11) is 0. The summed E-state index contributed by atoms with van der Waals surface area (Å²) in [6.07, 6.45) is 0.821. The van der Waals surface area contributed by atoms with Gasteiger partial charge in [-0.15, -0.1) is 0 Å². The molecule has 0 saturated heterocycles. The average Bonchev–Trinajstić information content (AvgIpc) is 2.45. The van der Waals surface area contributed by atoms with Gasteiger partial charge in [0.2, 0.25) is 0 Å². The first kappa shape index (κ1) is 15.6. The Balaban J connectivity index is 2.20. The Hall–Kier alpha value is -1.75. The molecular weight excluding hydrogens is 268 g/mol. The van der Waals surface area contributed by atoms with Crippen LogP contribution >= 0.6 is 0 Å². The molecule has 2 rings (SSSR count). The van der Waals surface area contributed by atoms with E-state index in [-0.39, 0.29) is 5.91 Å². The molecule has 1 aliphatic heterocycles. The van der Waals surface area contributed by atoms with Crippen molar-refractivity contribution in [1.29, 1.82) is 0 Å². The Morgan fingerprint density at radius 3 is 2.76 bits per heavy atom. The van der Waals surface area contributed by atoms with Gasteiger partial charge < -0.3 is 20.5 Å². The van der Waals surface area contributed by atoms with Crippen molar-refractivity contribution in [3.05, 3.63) is 23.8 Å². The van der Waals surface area contributed by atoms with Crippen molar-refractivity contribution < 1.29 is 14.3 Å². The summed E-state index contributed by atoms with van der Waals surface area (Å²) in [4.78, 5) is 12.6. The molecule has 1 amide bonds. The standard InChI is InChI=1S/C16H24N2O3/c1-11(2)9-16(3,10-17)18-15(19)12-5-4-6-13-14(12)21-8-7-20-13/h4-6,11H,7-10,17H2,1-3H3,(H,18,19). The van der Waals surface area contributed by atoms with Gasteiger partial charge in [-0.1, -0.05) is 19.9 Å². The molecule has 1 aliphatic rings. The zero-order valence-electron chi connectivity index (χ0n) is 12.9. The highest BCUT2D eigenvalue weighted by Gasteiger charge is 2.28. The number of rotatable bonds is 5. The van der Waals surface area contributed by atoms with Crippen LogP contribution < -0.4 is 20.5 Å². The molecule has 0 radical (unpaired) electrons. The SMILES string of the molecule is CC(C)CC(C)(CN)NC(=O)c1cccc2c1OCCO2. The Labute approximate surface area is 125 Å². The summed E-state index contributed by atoms with van der Waals surface area (Å²) >= 11 is 0.